The molecule has 0 bridgehead atoms. The number of carboxylic acids is 1. The monoisotopic (exact) mass is 438 g/mol. The van der Waals surface area contributed by atoms with Gasteiger partial charge in [-0.25, -0.2) is 13.6 Å². The Morgan fingerprint density at radius 1 is 1.03 bits per heavy atom. The summed E-state index contributed by atoms with van der Waals surface area (Å²) in [6, 6.07) is 16.0. The predicted octanol–water partition coefficient (Wildman–Crippen LogP) is 4.83. The third kappa shape index (κ3) is 5.55. The molecule has 2 heterocycles. The summed E-state index contributed by atoms with van der Waals surface area (Å²) >= 11 is 0. The number of benzene rings is 2. The number of hydrogen-bond donors (Lipinski definition) is 1. The van der Waals surface area contributed by atoms with Crippen LogP contribution in [0.1, 0.15) is 46.1 Å². The number of ether oxygens (including phenoxy) is 1. The summed E-state index contributed by atoms with van der Waals surface area (Å²) in [5.74, 6) is -2.23. The zero-order valence-electron chi connectivity index (χ0n) is 17.5. The average Bonchev–Trinajstić information content (AvgIpc) is 2.78. The molecule has 0 spiro atoms. The number of hydrogen-bond acceptors (Lipinski definition) is 4. The molecule has 2 aromatic carbocycles. The highest BCUT2D eigenvalue weighted by Crippen LogP contribution is 2.31. The summed E-state index contributed by atoms with van der Waals surface area (Å²) in [6.07, 6.45) is 2.38. The Hall–Kier alpha value is -3.16. The second-order valence-corrected chi connectivity index (χ2v) is 7.95. The number of aromatic nitrogens is 1. The van der Waals surface area contributed by atoms with Gasteiger partial charge in [0.2, 0.25) is 0 Å². The van der Waals surface area contributed by atoms with Crippen LogP contribution in [0.15, 0.2) is 66.9 Å². The number of carbonyl (C=O) groups is 1. The Labute approximate surface area is 185 Å². The van der Waals surface area contributed by atoms with Crippen molar-refractivity contribution in [3.05, 3.63) is 101 Å². The van der Waals surface area contributed by atoms with E-state index in [0.717, 1.165) is 37.6 Å². The van der Waals surface area contributed by atoms with Gasteiger partial charge in [0, 0.05) is 31.9 Å². The lowest BCUT2D eigenvalue weighted by atomic mass is 9.99. The number of carboxylic acid groups (broad SMARTS) is 1. The summed E-state index contributed by atoms with van der Waals surface area (Å²) in [7, 11) is 0. The molecular weight excluding hydrogens is 414 g/mol. The first kappa shape index (κ1) is 22.0. The third-order valence-corrected chi connectivity index (χ3v) is 5.60. The van der Waals surface area contributed by atoms with Crippen molar-refractivity contribution in [2.24, 2.45) is 0 Å². The molecule has 4 rings (SSSR count). The Morgan fingerprint density at radius 2 is 1.72 bits per heavy atom. The minimum atomic E-state index is -0.971. The van der Waals surface area contributed by atoms with Gasteiger partial charge in [0.15, 0.2) is 0 Å². The van der Waals surface area contributed by atoms with E-state index in [2.05, 4.69) is 9.88 Å². The van der Waals surface area contributed by atoms with Crippen LogP contribution in [0.4, 0.5) is 8.78 Å². The van der Waals surface area contributed by atoms with Gasteiger partial charge in [0.1, 0.15) is 17.7 Å². The van der Waals surface area contributed by atoms with Crippen LogP contribution >= 0.6 is 0 Å². The van der Waals surface area contributed by atoms with E-state index in [1.807, 2.05) is 30.3 Å². The molecule has 1 fully saturated rings. The zero-order valence-corrected chi connectivity index (χ0v) is 17.5. The van der Waals surface area contributed by atoms with Gasteiger partial charge in [-0.05, 0) is 48.2 Å². The molecule has 1 atom stereocenters. The fraction of sp³-hybridized carbons (Fsp3) is 0.280. The van der Waals surface area contributed by atoms with Crippen molar-refractivity contribution in [2.45, 2.75) is 31.6 Å². The van der Waals surface area contributed by atoms with Crippen molar-refractivity contribution < 1.29 is 23.4 Å². The van der Waals surface area contributed by atoms with Gasteiger partial charge >= 0.3 is 5.97 Å². The molecule has 5 nitrogen and oxygen atoms in total. The molecule has 166 valence electrons. The quantitative estimate of drug-likeness (QED) is 0.573. The van der Waals surface area contributed by atoms with Crippen LogP contribution in [0.25, 0.3) is 0 Å². The van der Waals surface area contributed by atoms with Gasteiger partial charge in [-0.1, -0.05) is 30.3 Å². The maximum absolute atomic E-state index is 13.9. The topological polar surface area (TPSA) is 62.7 Å². The molecule has 0 radical (unpaired) electrons. The Kier molecular flexibility index (Phi) is 6.87. The first-order valence-electron chi connectivity index (χ1n) is 10.5. The first-order valence-corrected chi connectivity index (χ1v) is 10.5. The van der Waals surface area contributed by atoms with E-state index in [-0.39, 0.29) is 11.7 Å². The van der Waals surface area contributed by atoms with Gasteiger partial charge < -0.3 is 9.84 Å². The normalized spacial score (nSPS) is 16.1. The van der Waals surface area contributed by atoms with E-state index < -0.39 is 23.7 Å². The van der Waals surface area contributed by atoms with E-state index in [1.165, 1.54) is 24.4 Å². The Morgan fingerprint density at radius 3 is 2.38 bits per heavy atom. The van der Waals surface area contributed by atoms with Crippen LogP contribution < -0.4 is 0 Å². The van der Waals surface area contributed by atoms with Gasteiger partial charge in [-0.3, -0.25) is 9.88 Å². The second-order valence-electron chi connectivity index (χ2n) is 7.95. The minimum absolute atomic E-state index is 0.0684. The summed E-state index contributed by atoms with van der Waals surface area (Å²) in [5.41, 5.74) is 2.23. The molecule has 1 aliphatic rings. The molecule has 1 N–H and O–H groups in total. The standard InChI is InChI=1S/C25H24F2N2O3/c26-20-12-19(13-21(27)15-20)24(17-4-2-1-3-5-17)32-23-7-10-29(11-8-23)16-22-14-18(25(30)31)6-9-28-22/h1-6,9,12-15,23-24H,7-8,10-11,16H2,(H,30,31). The number of rotatable bonds is 7. The number of halogens is 2. The van der Waals surface area contributed by atoms with Crippen LogP contribution in [0, 0.1) is 11.6 Å². The molecule has 0 amide bonds. The third-order valence-electron chi connectivity index (χ3n) is 5.60. The Bertz CT molecular complexity index is 1050. The fourth-order valence-corrected chi connectivity index (χ4v) is 4.03. The highest BCUT2D eigenvalue weighted by atomic mass is 19.1. The summed E-state index contributed by atoms with van der Waals surface area (Å²) in [6.45, 7) is 2.07. The lowest BCUT2D eigenvalue weighted by Gasteiger charge is -2.34. The van der Waals surface area contributed by atoms with E-state index >= 15 is 0 Å². The van der Waals surface area contributed by atoms with E-state index in [9.17, 15) is 13.6 Å². The predicted molar refractivity (Wildman–Crippen MR) is 115 cm³/mol. The van der Waals surface area contributed by atoms with Gasteiger partial charge in [-0.2, -0.15) is 0 Å². The van der Waals surface area contributed by atoms with Gasteiger partial charge in [-0.15, -0.1) is 0 Å². The average molecular weight is 438 g/mol. The number of aromatic carboxylic acids is 1. The van der Waals surface area contributed by atoms with Crippen LogP contribution in [0.2, 0.25) is 0 Å². The number of piperidine rings is 1. The van der Waals surface area contributed by atoms with E-state index in [4.69, 9.17) is 9.84 Å². The number of nitrogens with zero attached hydrogens (tertiary/aromatic N) is 2. The summed E-state index contributed by atoms with van der Waals surface area (Å²) in [5, 5.41) is 9.15. The lowest BCUT2D eigenvalue weighted by molar-refractivity contribution is -0.0284. The molecule has 3 aromatic rings. The van der Waals surface area contributed by atoms with Crippen LogP contribution in [0.3, 0.4) is 0 Å². The van der Waals surface area contributed by atoms with Crippen molar-refractivity contribution in [2.75, 3.05) is 13.1 Å². The van der Waals surface area contributed by atoms with Crippen molar-refractivity contribution in [1.82, 2.24) is 9.88 Å². The SMILES string of the molecule is O=C(O)c1ccnc(CN2CCC(OC(c3ccccc3)c3cc(F)cc(F)c3)CC2)c1. The fourth-order valence-electron chi connectivity index (χ4n) is 4.03. The maximum atomic E-state index is 13.9. The van der Waals surface area contributed by atoms with Crippen LogP contribution in [-0.4, -0.2) is 40.2 Å². The molecular formula is C25H24F2N2O3. The highest BCUT2D eigenvalue weighted by molar-refractivity contribution is 5.87. The molecule has 0 aliphatic carbocycles. The van der Waals surface area contributed by atoms with Crippen LogP contribution in [-0.2, 0) is 11.3 Å². The van der Waals surface area contributed by atoms with Crippen LogP contribution in [0.5, 0.6) is 0 Å². The molecule has 1 aromatic heterocycles. The van der Waals surface area contributed by atoms with Crippen molar-refractivity contribution >= 4 is 5.97 Å². The highest BCUT2D eigenvalue weighted by Gasteiger charge is 2.26. The number of pyridine rings is 1. The summed E-state index contributed by atoms with van der Waals surface area (Å²) in [4.78, 5) is 17.6. The molecule has 1 aliphatic heterocycles. The molecule has 32 heavy (non-hydrogen) atoms. The van der Waals surface area contributed by atoms with Gasteiger partial charge in [0.05, 0.1) is 17.4 Å². The maximum Gasteiger partial charge on any atom is 0.335 e. The smallest absolute Gasteiger partial charge is 0.335 e. The molecule has 0 saturated carbocycles. The minimum Gasteiger partial charge on any atom is -0.478 e. The van der Waals surface area contributed by atoms with E-state index in [0.29, 0.717) is 17.8 Å². The zero-order chi connectivity index (χ0) is 22.5. The number of likely N-dealkylation sites (tertiary alicyclic amines) is 1. The van der Waals surface area contributed by atoms with Crippen molar-refractivity contribution in [3.63, 3.8) is 0 Å². The van der Waals surface area contributed by atoms with Gasteiger partial charge in [0.25, 0.3) is 0 Å². The molecule has 1 unspecified atom stereocenters. The van der Waals surface area contributed by atoms with E-state index in [1.54, 1.807) is 6.07 Å². The second kappa shape index (κ2) is 9.97. The molecule has 1 saturated heterocycles. The first-order chi connectivity index (χ1) is 15.5. The summed E-state index contributed by atoms with van der Waals surface area (Å²) < 4.78 is 34.1. The van der Waals surface area contributed by atoms with Crippen molar-refractivity contribution in [3.8, 4) is 0 Å². The Balaban J connectivity index is 1.42. The van der Waals surface area contributed by atoms with Crippen molar-refractivity contribution in [1.29, 1.82) is 0 Å². The largest absolute Gasteiger partial charge is 0.478 e. The lowest BCUT2D eigenvalue weighted by Crippen LogP contribution is -2.37. The molecule has 7 heteroatoms.